The molecule has 0 aromatic heterocycles. The van der Waals surface area contributed by atoms with E-state index in [-0.39, 0.29) is 17.6 Å². The lowest BCUT2D eigenvalue weighted by molar-refractivity contribution is -0.114. The van der Waals surface area contributed by atoms with Crippen LogP contribution in [0, 0.1) is 0 Å². The largest absolute Gasteiger partial charge is 0.444 e. The van der Waals surface area contributed by atoms with Gasteiger partial charge in [-0.1, -0.05) is 42.5 Å². The van der Waals surface area contributed by atoms with E-state index in [2.05, 4.69) is 10.6 Å². The van der Waals surface area contributed by atoms with E-state index < -0.39 is 29.4 Å². The molecule has 3 rings (SSSR count). The van der Waals surface area contributed by atoms with Gasteiger partial charge in [0, 0.05) is 12.0 Å². The molecular formula is C27H34N2O6. The summed E-state index contributed by atoms with van der Waals surface area (Å²) in [4.78, 5) is 45.8. The van der Waals surface area contributed by atoms with Crippen molar-refractivity contribution in [3.63, 3.8) is 0 Å². The van der Waals surface area contributed by atoms with Crippen molar-refractivity contribution >= 4 is 29.8 Å². The van der Waals surface area contributed by atoms with Crippen LogP contribution >= 0.6 is 0 Å². The zero-order valence-electron chi connectivity index (χ0n) is 21.1. The number of carbonyl (C=O) groups excluding carboxylic acids is 4. The molecular weight excluding hydrogens is 448 g/mol. The number of carbonyl (C=O) groups is 4. The third kappa shape index (κ3) is 10.4. The molecule has 1 aromatic carbocycles. The van der Waals surface area contributed by atoms with Gasteiger partial charge in [0.1, 0.15) is 11.2 Å². The molecule has 0 heterocycles. The number of hydrogen-bond donors (Lipinski definition) is 2. The Kier molecular flexibility index (Phi) is 9.17. The third-order valence-corrected chi connectivity index (χ3v) is 4.49. The van der Waals surface area contributed by atoms with Gasteiger partial charge in [-0.25, -0.2) is 9.59 Å². The first-order chi connectivity index (χ1) is 16.2. The van der Waals surface area contributed by atoms with Gasteiger partial charge < -0.3 is 20.1 Å². The van der Waals surface area contributed by atoms with Gasteiger partial charge in [-0.2, -0.15) is 0 Å². The Balaban J connectivity index is 0.000000269. The summed E-state index contributed by atoms with van der Waals surface area (Å²) in [5.74, 6) is -0.0639. The minimum absolute atomic E-state index is 0.0334. The summed E-state index contributed by atoms with van der Waals surface area (Å²) in [5.41, 5.74) is 0.378. The van der Waals surface area contributed by atoms with Crippen molar-refractivity contribution in [2.24, 2.45) is 0 Å². The standard InChI is InChI=1S/C17H19NO3.C10H15NO3/c1-17(2,3)21-16(20)18-14-9-10-15(19)13(14)11-12-7-5-4-6-8-12;1-10(2,3)14-9(13)11-7-4-5-8(12)6-7/h4-11,14H,1-3H3,(H,18,20);4-5,7H,6H2,1-3H3,(H,11,13)/b13-11+;. The SMILES string of the molecule is CC(C)(C)OC(=O)NC1C=CC(=O)/C1=C/c1ccccc1.CC(C)(C)OC(=O)NC1C=CC(=O)C1. The molecule has 0 spiro atoms. The second kappa shape index (κ2) is 11.6. The molecule has 2 atom stereocenters. The Morgan fingerprint density at radius 2 is 1.43 bits per heavy atom. The van der Waals surface area contributed by atoms with Crippen molar-refractivity contribution in [1.82, 2.24) is 10.6 Å². The van der Waals surface area contributed by atoms with Gasteiger partial charge in [-0.3, -0.25) is 9.59 Å². The van der Waals surface area contributed by atoms with Crippen LogP contribution in [0.3, 0.4) is 0 Å². The number of hydrogen-bond acceptors (Lipinski definition) is 6. The molecule has 0 bridgehead atoms. The predicted molar refractivity (Wildman–Crippen MR) is 134 cm³/mol. The Morgan fingerprint density at radius 3 is 1.94 bits per heavy atom. The van der Waals surface area contributed by atoms with E-state index in [1.165, 1.54) is 12.2 Å². The van der Waals surface area contributed by atoms with E-state index in [1.807, 2.05) is 30.3 Å². The number of alkyl carbamates (subject to hydrolysis) is 2. The highest BCUT2D eigenvalue weighted by atomic mass is 16.6. The Bertz CT molecular complexity index is 1030. The van der Waals surface area contributed by atoms with Gasteiger partial charge in [0.15, 0.2) is 11.6 Å². The van der Waals surface area contributed by atoms with Crippen LogP contribution in [0.1, 0.15) is 53.5 Å². The lowest BCUT2D eigenvalue weighted by Gasteiger charge is -2.21. The van der Waals surface area contributed by atoms with Crippen molar-refractivity contribution in [2.45, 2.75) is 71.2 Å². The van der Waals surface area contributed by atoms with Crippen LogP contribution in [-0.4, -0.2) is 47.0 Å². The van der Waals surface area contributed by atoms with Crippen molar-refractivity contribution in [1.29, 1.82) is 0 Å². The van der Waals surface area contributed by atoms with Crippen LogP contribution < -0.4 is 10.6 Å². The maximum atomic E-state index is 11.9. The van der Waals surface area contributed by atoms with E-state index in [4.69, 9.17) is 9.47 Å². The van der Waals surface area contributed by atoms with Gasteiger partial charge in [0.25, 0.3) is 0 Å². The topological polar surface area (TPSA) is 111 Å². The first-order valence-electron chi connectivity index (χ1n) is 11.4. The maximum Gasteiger partial charge on any atom is 0.408 e. The summed E-state index contributed by atoms with van der Waals surface area (Å²) in [6.45, 7) is 10.8. The minimum atomic E-state index is -0.570. The highest BCUT2D eigenvalue weighted by molar-refractivity contribution is 6.11. The van der Waals surface area contributed by atoms with E-state index in [0.29, 0.717) is 12.0 Å². The fraction of sp³-hybridized carbons (Fsp3) is 0.407. The summed E-state index contributed by atoms with van der Waals surface area (Å²) in [7, 11) is 0. The summed E-state index contributed by atoms with van der Waals surface area (Å²) in [6.07, 6.45) is 7.38. The first kappa shape index (κ1) is 27.6. The normalized spacial score (nSPS) is 20.3. The number of rotatable bonds is 3. The first-order valence-corrected chi connectivity index (χ1v) is 11.4. The van der Waals surface area contributed by atoms with Crippen LogP contribution in [0.25, 0.3) is 6.08 Å². The van der Waals surface area contributed by atoms with Crippen LogP contribution in [0.2, 0.25) is 0 Å². The fourth-order valence-electron chi connectivity index (χ4n) is 3.12. The van der Waals surface area contributed by atoms with Gasteiger partial charge in [-0.15, -0.1) is 0 Å². The smallest absolute Gasteiger partial charge is 0.408 e. The number of nitrogens with one attached hydrogen (secondary N) is 2. The number of ketones is 2. The van der Waals surface area contributed by atoms with Gasteiger partial charge >= 0.3 is 12.2 Å². The third-order valence-electron chi connectivity index (χ3n) is 4.49. The average molecular weight is 483 g/mol. The molecule has 0 radical (unpaired) electrons. The van der Waals surface area contributed by atoms with Crippen molar-refractivity contribution < 1.29 is 28.7 Å². The lowest BCUT2D eigenvalue weighted by Crippen LogP contribution is -2.38. The molecule has 0 aliphatic heterocycles. The second-order valence-corrected chi connectivity index (χ2v) is 10.1. The van der Waals surface area contributed by atoms with Crippen LogP contribution in [0.5, 0.6) is 0 Å². The van der Waals surface area contributed by atoms with Crippen molar-refractivity contribution in [3.05, 3.63) is 65.8 Å². The number of allylic oxidation sites excluding steroid dienone is 2. The summed E-state index contributed by atoms with van der Waals surface area (Å²) < 4.78 is 10.3. The van der Waals surface area contributed by atoms with E-state index >= 15 is 0 Å². The highest BCUT2D eigenvalue weighted by Crippen LogP contribution is 2.19. The molecule has 0 fully saturated rings. The molecule has 0 saturated carbocycles. The Hall–Kier alpha value is -3.68. The lowest BCUT2D eigenvalue weighted by atomic mass is 10.1. The maximum absolute atomic E-state index is 11.9. The molecule has 2 N–H and O–H groups in total. The molecule has 188 valence electrons. The Morgan fingerprint density at radius 1 is 0.857 bits per heavy atom. The minimum Gasteiger partial charge on any atom is -0.444 e. The predicted octanol–water partition coefficient (Wildman–Crippen LogP) is 4.51. The van der Waals surface area contributed by atoms with Crippen LogP contribution in [0.4, 0.5) is 9.59 Å². The second-order valence-electron chi connectivity index (χ2n) is 10.1. The van der Waals surface area contributed by atoms with Crippen molar-refractivity contribution in [2.75, 3.05) is 0 Å². The summed E-state index contributed by atoms with van der Waals surface area (Å²) in [5, 5.41) is 5.30. The van der Waals surface area contributed by atoms with E-state index in [1.54, 1.807) is 59.8 Å². The highest BCUT2D eigenvalue weighted by Gasteiger charge is 2.27. The van der Waals surface area contributed by atoms with Gasteiger partial charge in [0.05, 0.1) is 12.1 Å². The monoisotopic (exact) mass is 482 g/mol. The summed E-state index contributed by atoms with van der Waals surface area (Å²) in [6, 6.07) is 8.86. The molecule has 8 heteroatoms. The van der Waals surface area contributed by atoms with E-state index in [0.717, 1.165) is 5.56 Å². The molecule has 2 aliphatic rings. The Labute approximate surface area is 206 Å². The number of ether oxygens (including phenoxy) is 2. The van der Waals surface area contributed by atoms with Gasteiger partial charge in [0.2, 0.25) is 0 Å². The molecule has 2 amide bonds. The molecule has 2 unspecified atom stereocenters. The summed E-state index contributed by atoms with van der Waals surface area (Å²) >= 11 is 0. The van der Waals surface area contributed by atoms with Crippen LogP contribution in [0.15, 0.2) is 60.2 Å². The molecule has 0 saturated heterocycles. The quantitative estimate of drug-likeness (QED) is 0.613. The number of amides is 2. The molecule has 1 aromatic rings. The fourth-order valence-corrected chi connectivity index (χ4v) is 3.12. The van der Waals surface area contributed by atoms with Crippen molar-refractivity contribution in [3.8, 4) is 0 Å². The zero-order chi connectivity index (χ0) is 26.2. The van der Waals surface area contributed by atoms with E-state index in [9.17, 15) is 19.2 Å². The zero-order valence-corrected chi connectivity index (χ0v) is 21.1. The van der Waals surface area contributed by atoms with Crippen LogP contribution in [-0.2, 0) is 19.1 Å². The molecule has 8 nitrogen and oxygen atoms in total. The molecule has 2 aliphatic carbocycles. The molecule has 35 heavy (non-hydrogen) atoms. The average Bonchev–Trinajstić information content (AvgIpc) is 3.26. The number of benzene rings is 1. The van der Waals surface area contributed by atoms with Gasteiger partial charge in [-0.05, 0) is 65.3 Å².